The van der Waals surface area contributed by atoms with Crippen molar-refractivity contribution in [3.05, 3.63) is 118 Å². The highest BCUT2D eigenvalue weighted by Crippen LogP contribution is 2.57. The second-order valence-electron chi connectivity index (χ2n) is 25.2. The molecule has 0 spiro atoms. The molecule has 10 rings (SSSR count). The van der Waals surface area contributed by atoms with E-state index in [1.807, 2.05) is 0 Å². The summed E-state index contributed by atoms with van der Waals surface area (Å²) in [6.07, 6.45) is 13.8. The summed E-state index contributed by atoms with van der Waals surface area (Å²) < 4.78 is 2.92. The van der Waals surface area contributed by atoms with Gasteiger partial charge in [-0.25, -0.2) is 0 Å². The van der Waals surface area contributed by atoms with E-state index in [2.05, 4.69) is 211 Å². The van der Waals surface area contributed by atoms with Gasteiger partial charge < -0.3 is 9.80 Å². The van der Waals surface area contributed by atoms with Crippen LogP contribution in [0.1, 0.15) is 163 Å². The van der Waals surface area contributed by atoms with Crippen molar-refractivity contribution in [1.82, 2.24) is 0 Å². The molecular formula is C59H73BN2S. The molecule has 5 aliphatic rings. The molecule has 1 fully saturated rings. The molecule has 63 heavy (non-hydrogen) atoms. The number of aryl methyl sites for hydroxylation is 2. The van der Waals surface area contributed by atoms with Crippen molar-refractivity contribution in [1.29, 1.82) is 0 Å². The molecule has 2 atom stereocenters. The Morgan fingerprint density at radius 1 is 0.651 bits per heavy atom. The highest BCUT2D eigenvalue weighted by molar-refractivity contribution is 7.33. The Morgan fingerprint density at radius 2 is 1.22 bits per heavy atom. The standard InChI is InChI=1S/C59H73BN2S/c1-17-36-29-48-51-49(30-36)62(46-22-18-37(28-35(46)2)54(3,4)5)47-23-19-38(55(6,7)8)31-45(47)60(51)53-52(40-33-43-44(34-50(40)63-53)59(15,16)27-26-58(43,13)14)61(48)39-20-21-41-42(32-39)57(11,12)25-24-56(41,9)10/h18-23,28-34,41-42H,17,24-27H2,1-16H3. The van der Waals surface area contributed by atoms with Gasteiger partial charge in [-0.15, -0.1) is 11.3 Å². The molecule has 2 aliphatic heterocycles. The van der Waals surface area contributed by atoms with Crippen LogP contribution < -0.4 is 25.5 Å². The van der Waals surface area contributed by atoms with Gasteiger partial charge in [-0.05, 0) is 170 Å². The van der Waals surface area contributed by atoms with E-state index in [-0.39, 0.29) is 39.2 Å². The second kappa shape index (κ2) is 13.8. The van der Waals surface area contributed by atoms with Crippen LogP contribution in [0.15, 0.2) is 84.6 Å². The zero-order valence-corrected chi connectivity index (χ0v) is 42.4. The quantitative estimate of drug-likeness (QED) is 0.164. The number of fused-ring (bicyclic) bond motifs is 8. The molecule has 0 radical (unpaired) electrons. The van der Waals surface area contributed by atoms with Crippen LogP contribution in [0.4, 0.5) is 28.4 Å². The molecule has 0 amide bonds. The van der Waals surface area contributed by atoms with E-state index in [4.69, 9.17) is 0 Å². The minimum absolute atomic E-state index is 0.00798. The van der Waals surface area contributed by atoms with Gasteiger partial charge in [0.15, 0.2) is 0 Å². The number of anilines is 5. The van der Waals surface area contributed by atoms with Gasteiger partial charge in [0.25, 0.3) is 6.71 Å². The average Bonchev–Trinajstić information content (AvgIpc) is 3.58. The Kier molecular flexibility index (Phi) is 9.37. The zero-order valence-electron chi connectivity index (χ0n) is 41.6. The van der Waals surface area contributed by atoms with Crippen molar-refractivity contribution >= 4 is 72.3 Å². The number of hydrogen-bond acceptors (Lipinski definition) is 3. The predicted molar refractivity (Wildman–Crippen MR) is 278 cm³/mol. The van der Waals surface area contributed by atoms with E-state index in [9.17, 15) is 0 Å². The Balaban J connectivity index is 1.33. The fraction of sp³-hybridized carbons (Fsp3) is 0.492. The Bertz CT molecular complexity index is 2790. The first-order valence-electron chi connectivity index (χ1n) is 24.4. The molecule has 1 saturated carbocycles. The number of benzene rings is 4. The maximum absolute atomic E-state index is 2.78. The van der Waals surface area contributed by atoms with Crippen LogP contribution in [0.5, 0.6) is 0 Å². The van der Waals surface area contributed by atoms with E-state index < -0.39 is 0 Å². The van der Waals surface area contributed by atoms with E-state index in [1.165, 1.54) is 108 Å². The van der Waals surface area contributed by atoms with Crippen LogP contribution in [-0.2, 0) is 28.1 Å². The van der Waals surface area contributed by atoms with Crippen molar-refractivity contribution in [3.8, 4) is 0 Å². The molecule has 2 unspecified atom stereocenters. The van der Waals surface area contributed by atoms with Crippen molar-refractivity contribution in [2.45, 2.75) is 165 Å². The van der Waals surface area contributed by atoms with Crippen LogP contribution in [-0.4, -0.2) is 6.71 Å². The molecule has 328 valence electrons. The van der Waals surface area contributed by atoms with Gasteiger partial charge >= 0.3 is 0 Å². The molecule has 5 aromatic rings. The van der Waals surface area contributed by atoms with E-state index in [1.54, 1.807) is 11.1 Å². The maximum atomic E-state index is 2.78. The Morgan fingerprint density at radius 3 is 1.83 bits per heavy atom. The van der Waals surface area contributed by atoms with Crippen LogP contribution >= 0.6 is 11.3 Å². The summed E-state index contributed by atoms with van der Waals surface area (Å²) >= 11 is 2.08. The summed E-state index contributed by atoms with van der Waals surface area (Å²) in [6.45, 7) is 39.0. The van der Waals surface area contributed by atoms with E-state index >= 15 is 0 Å². The first kappa shape index (κ1) is 42.9. The lowest BCUT2D eigenvalue weighted by atomic mass is 9.36. The summed E-state index contributed by atoms with van der Waals surface area (Å²) in [6, 6.07) is 25.2. The maximum Gasteiger partial charge on any atom is 0.264 e. The van der Waals surface area contributed by atoms with Gasteiger partial charge in [-0.3, -0.25) is 0 Å². The summed E-state index contributed by atoms with van der Waals surface area (Å²) in [5.41, 5.74) is 20.3. The topological polar surface area (TPSA) is 6.48 Å². The van der Waals surface area contributed by atoms with Crippen LogP contribution in [0.3, 0.4) is 0 Å². The van der Waals surface area contributed by atoms with Crippen molar-refractivity contribution in [2.24, 2.45) is 22.7 Å². The van der Waals surface area contributed by atoms with Gasteiger partial charge in [0.2, 0.25) is 0 Å². The first-order valence-corrected chi connectivity index (χ1v) is 25.2. The van der Waals surface area contributed by atoms with Crippen LogP contribution in [0.2, 0.25) is 0 Å². The molecular weight excluding hydrogens is 780 g/mol. The highest BCUT2D eigenvalue weighted by atomic mass is 32.1. The van der Waals surface area contributed by atoms with Crippen LogP contribution in [0.25, 0.3) is 10.1 Å². The lowest BCUT2D eigenvalue weighted by Crippen LogP contribution is -2.61. The van der Waals surface area contributed by atoms with Crippen LogP contribution in [0, 0.1) is 29.6 Å². The molecule has 2 nitrogen and oxygen atoms in total. The number of nitrogens with zero attached hydrogens (tertiary/aromatic N) is 2. The lowest BCUT2D eigenvalue weighted by Gasteiger charge is -2.52. The molecule has 0 N–H and O–H groups in total. The van der Waals surface area contributed by atoms with Crippen molar-refractivity contribution in [2.75, 3.05) is 9.80 Å². The normalized spacial score (nSPS) is 22.5. The third kappa shape index (κ3) is 6.52. The first-order chi connectivity index (χ1) is 29.3. The van der Waals surface area contributed by atoms with E-state index in [0.717, 1.165) is 6.42 Å². The number of hydrogen-bond donors (Lipinski definition) is 0. The Hall–Kier alpha value is -4.02. The largest absolute Gasteiger partial charge is 0.311 e. The summed E-state index contributed by atoms with van der Waals surface area (Å²) in [4.78, 5) is 5.44. The van der Waals surface area contributed by atoms with Gasteiger partial charge in [0.1, 0.15) is 0 Å². The minimum Gasteiger partial charge on any atom is -0.311 e. The molecule has 1 aromatic heterocycles. The molecule has 4 aromatic carbocycles. The van der Waals surface area contributed by atoms with E-state index in [0.29, 0.717) is 11.8 Å². The smallest absolute Gasteiger partial charge is 0.264 e. The zero-order chi connectivity index (χ0) is 45.1. The highest BCUT2D eigenvalue weighted by Gasteiger charge is 2.50. The third-order valence-corrected chi connectivity index (χ3v) is 18.2. The fourth-order valence-corrected chi connectivity index (χ4v) is 13.8. The number of thiophene rings is 1. The summed E-state index contributed by atoms with van der Waals surface area (Å²) in [5.74, 6) is 0.977. The summed E-state index contributed by atoms with van der Waals surface area (Å²) in [5, 5.41) is 1.43. The summed E-state index contributed by atoms with van der Waals surface area (Å²) in [7, 11) is 0. The molecule has 3 heterocycles. The predicted octanol–water partition coefficient (Wildman–Crippen LogP) is 15.0. The van der Waals surface area contributed by atoms with Gasteiger partial charge in [0, 0.05) is 43.3 Å². The lowest BCUT2D eigenvalue weighted by molar-refractivity contribution is 0.0327. The van der Waals surface area contributed by atoms with Crippen molar-refractivity contribution in [3.63, 3.8) is 0 Å². The molecule has 0 bridgehead atoms. The average molecular weight is 853 g/mol. The number of allylic oxidation sites excluding steroid dienone is 3. The number of rotatable bonds is 3. The molecule has 0 saturated heterocycles. The molecule has 3 aliphatic carbocycles. The van der Waals surface area contributed by atoms with Gasteiger partial charge in [-0.1, -0.05) is 140 Å². The van der Waals surface area contributed by atoms with Gasteiger partial charge in [0.05, 0.1) is 5.69 Å². The second-order valence-corrected chi connectivity index (χ2v) is 26.3. The molecule has 4 heteroatoms. The fourth-order valence-electron chi connectivity index (χ4n) is 12.4. The Labute approximate surface area is 385 Å². The minimum atomic E-state index is 0.00798. The monoisotopic (exact) mass is 853 g/mol. The SMILES string of the molecule is CCc1cc2c3c(c1)N(c1ccc(C(C)(C)C)cc1C)c1ccc(C(C)(C)C)cc1B3c1sc3cc4c(cc3c1N2C1=CC2C(C=C1)C(C)(C)CCC2(C)C)C(C)(C)CCC4(C)C. The third-order valence-electron chi connectivity index (χ3n) is 17.0. The van der Waals surface area contributed by atoms with Gasteiger partial charge in [-0.2, -0.15) is 0 Å². The van der Waals surface area contributed by atoms with Crippen molar-refractivity contribution < 1.29 is 0 Å².